The summed E-state index contributed by atoms with van der Waals surface area (Å²) < 4.78 is 5.71. The molecule has 0 spiro atoms. The van der Waals surface area contributed by atoms with Gasteiger partial charge in [0.1, 0.15) is 11.8 Å². The van der Waals surface area contributed by atoms with E-state index in [2.05, 4.69) is 5.32 Å². The smallest absolute Gasteiger partial charge is 0.261 e. The molecule has 1 atom stereocenters. The zero-order chi connectivity index (χ0) is 24.1. The summed E-state index contributed by atoms with van der Waals surface area (Å²) in [6.45, 7) is 9.21. The predicted octanol–water partition coefficient (Wildman–Crippen LogP) is 6.06. The number of nitrogens with one attached hydrogen (secondary N) is 1. The van der Waals surface area contributed by atoms with Crippen molar-refractivity contribution in [2.45, 2.75) is 59.2 Å². The van der Waals surface area contributed by atoms with Gasteiger partial charge in [0.15, 0.2) is 6.61 Å². The summed E-state index contributed by atoms with van der Waals surface area (Å²) in [5.41, 5.74) is 0.972. The summed E-state index contributed by atoms with van der Waals surface area (Å²) in [5.74, 6) is -0.0912. The highest BCUT2D eigenvalue weighted by Gasteiger charge is 2.31. The summed E-state index contributed by atoms with van der Waals surface area (Å²) >= 11 is 18.8. The average Bonchev–Trinajstić information content (AvgIpc) is 2.69. The van der Waals surface area contributed by atoms with Crippen LogP contribution in [0.2, 0.25) is 15.1 Å². The van der Waals surface area contributed by atoms with E-state index in [-0.39, 0.29) is 25.0 Å². The van der Waals surface area contributed by atoms with E-state index < -0.39 is 11.6 Å². The molecule has 0 aliphatic heterocycles. The number of hydrogen-bond donors (Lipinski definition) is 1. The molecule has 0 unspecified atom stereocenters. The number of nitrogens with zero attached hydrogens (tertiary/aromatic N) is 1. The van der Waals surface area contributed by atoms with E-state index in [1.165, 1.54) is 4.90 Å². The fourth-order valence-electron chi connectivity index (χ4n) is 3.16. The van der Waals surface area contributed by atoms with Gasteiger partial charge in [-0.1, -0.05) is 47.8 Å². The molecule has 0 heterocycles. The zero-order valence-electron chi connectivity index (χ0n) is 19.0. The Morgan fingerprint density at radius 3 is 2.22 bits per heavy atom. The molecular formula is C24H29Cl3N2O3. The minimum atomic E-state index is -0.718. The fraction of sp³-hybridized carbons (Fsp3) is 0.417. The lowest BCUT2D eigenvalue weighted by atomic mass is 10.1. The SMILES string of the molecule is CC[C@@H](C(=O)NC(C)(C)C)N(Cc1c(Cl)cccc1Cl)C(=O)COc1ccc(Cl)c(C)c1. The Balaban J connectivity index is 2.31. The van der Waals surface area contributed by atoms with Crippen LogP contribution in [0.3, 0.4) is 0 Å². The highest BCUT2D eigenvalue weighted by molar-refractivity contribution is 6.36. The molecular weight excluding hydrogens is 471 g/mol. The molecule has 0 saturated carbocycles. The number of hydrogen-bond acceptors (Lipinski definition) is 3. The summed E-state index contributed by atoms with van der Waals surface area (Å²) in [5, 5.41) is 4.42. The molecule has 0 aromatic heterocycles. The standard InChI is InChI=1S/C24H29Cl3N2O3/c1-6-21(23(31)28-24(3,4)5)29(13-17-19(26)8-7-9-20(17)27)22(30)14-32-16-10-11-18(25)15(2)12-16/h7-12,21H,6,13-14H2,1-5H3,(H,28,31)/t21-/m0/s1. The van der Waals surface area contributed by atoms with Crippen molar-refractivity contribution in [3.05, 3.63) is 62.6 Å². The second-order valence-electron chi connectivity index (χ2n) is 8.58. The molecule has 0 radical (unpaired) electrons. The van der Waals surface area contributed by atoms with E-state index in [0.717, 1.165) is 5.56 Å². The molecule has 0 fully saturated rings. The molecule has 8 heteroatoms. The monoisotopic (exact) mass is 498 g/mol. The van der Waals surface area contributed by atoms with Gasteiger partial charge >= 0.3 is 0 Å². The molecule has 2 rings (SSSR count). The normalized spacial score (nSPS) is 12.2. The predicted molar refractivity (Wildman–Crippen MR) is 131 cm³/mol. The van der Waals surface area contributed by atoms with E-state index >= 15 is 0 Å². The number of carbonyl (C=O) groups excluding carboxylic acids is 2. The number of carbonyl (C=O) groups is 2. The lowest BCUT2D eigenvalue weighted by molar-refractivity contribution is -0.143. The van der Waals surface area contributed by atoms with Gasteiger partial charge in [-0.25, -0.2) is 0 Å². The third-order valence-electron chi connectivity index (χ3n) is 4.77. The first-order valence-corrected chi connectivity index (χ1v) is 11.5. The van der Waals surface area contributed by atoms with Crippen LogP contribution in [0.5, 0.6) is 5.75 Å². The Kier molecular flexibility index (Phi) is 9.26. The fourth-order valence-corrected chi connectivity index (χ4v) is 3.80. The molecule has 0 aliphatic rings. The Morgan fingerprint density at radius 2 is 1.69 bits per heavy atom. The van der Waals surface area contributed by atoms with Crippen molar-refractivity contribution in [3.63, 3.8) is 0 Å². The third-order valence-corrected chi connectivity index (χ3v) is 5.90. The molecule has 2 amide bonds. The molecule has 32 heavy (non-hydrogen) atoms. The minimum Gasteiger partial charge on any atom is -0.484 e. The summed E-state index contributed by atoms with van der Waals surface area (Å²) in [6, 6.07) is 9.59. The van der Waals surface area contributed by atoms with Crippen LogP contribution in [0.25, 0.3) is 0 Å². The average molecular weight is 500 g/mol. The minimum absolute atomic E-state index is 0.0798. The number of benzene rings is 2. The van der Waals surface area contributed by atoms with E-state index in [1.54, 1.807) is 36.4 Å². The van der Waals surface area contributed by atoms with Gasteiger partial charge in [-0.05, 0) is 70.0 Å². The van der Waals surface area contributed by atoms with Crippen molar-refractivity contribution in [1.29, 1.82) is 0 Å². The number of amides is 2. The summed E-state index contributed by atoms with van der Waals surface area (Å²) in [6.07, 6.45) is 0.412. The van der Waals surface area contributed by atoms with E-state index in [0.29, 0.717) is 32.8 Å². The van der Waals surface area contributed by atoms with Gasteiger partial charge in [-0.2, -0.15) is 0 Å². The molecule has 5 nitrogen and oxygen atoms in total. The van der Waals surface area contributed by atoms with Crippen LogP contribution < -0.4 is 10.1 Å². The number of ether oxygens (including phenoxy) is 1. The lowest BCUT2D eigenvalue weighted by Gasteiger charge is -2.33. The Morgan fingerprint density at radius 1 is 1.06 bits per heavy atom. The molecule has 0 saturated heterocycles. The number of rotatable bonds is 8. The highest BCUT2D eigenvalue weighted by atomic mass is 35.5. The maximum absolute atomic E-state index is 13.3. The van der Waals surface area contributed by atoms with Crippen LogP contribution in [-0.2, 0) is 16.1 Å². The lowest BCUT2D eigenvalue weighted by Crippen LogP contribution is -2.54. The van der Waals surface area contributed by atoms with Crippen molar-refractivity contribution in [1.82, 2.24) is 10.2 Å². The third kappa shape index (κ3) is 7.29. The number of aryl methyl sites for hydroxylation is 1. The largest absolute Gasteiger partial charge is 0.484 e. The second-order valence-corrected chi connectivity index (χ2v) is 9.81. The van der Waals surface area contributed by atoms with Gasteiger partial charge in [-0.15, -0.1) is 0 Å². The van der Waals surface area contributed by atoms with Crippen molar-refractivity contribution in [2.24, 2.45) is 0 Å². The molecule has 1 N–H and O–H groups in total. The van der Waals surface area contributed by atoms with Crippen molar-refractivity contribution < 1.29 is 14.3 Å². The van der Waals surface area contributed by atoms with Gasteiger partial charge in [0.25, 0.3) is 5.91 Å². The van der Waals surface area contributed by atoms with Crippen molar-refractivity contribution in [2.75, 3.05) is 6.61 Å². The van der Waals surface area contributed by atoms with E-state index in [1.807, 2.05) is 34.6 Å². The van der Waals surface area contributed by atoms with Gasteiger partial charge in [-0.3, -0.25) is 9.59 Å². The Hall–Kier alpha value is -1.95. The van der Waals surface area contributed by atoms with Crippen LogP contribution in [-0.4, -0.2) is 34.9 Å². The maximum Gasteiger partial charge on any atom is 0.261 e. The molecule has 0 aliphatic carbocycles. The van der Waals surface area contributed by atoms with Crippen LogP contribution >= 0.6 is 34.8 Å². The van der Waals surface area contributed by atoms with Gasteiger partial charge in [0.2, 0.25) is 5.91 Å². The quantitative estimate of drug-likeness (QED) is 0.480. The molecule has 0 bridgehead atoms. The van der Waals surface area contributed by atoms with Crippen LogP contribution in [0, 0.1) is 6.92 Å². The highest BCUT2D eigenvalue weighted by Crippen LogP contribution is 2.27. The Bertz CT molecular complexity index is 953. The van der Waals surface area contributed by atoms with Crippen molar-refractivity contribution >= 4 is 46.6 Å². The summed E-state index contributed by atoms with van der Waals surface area (Å²) in [7, 11) is 0. The second kappa shape index (κ2) is 11.3. The van der Waals surface area contributed by atoms with E-state index in [9.17, 15) is 9.59 Å². The molecule has 2 aromatic rings. The van der Waals surface area contributed by atoms with E-state index in [4.69, 9.17) is 39.5 Å². The van der Waals surface area contributed by atoms with Gasteiger partial charge < -0.3 is 15.0 Å². The zero-order valence-corrected chi connectivity index (χ0v) is 21.2. The first-order valence-electron chi connectivity index (χ1n) is 10.4. The first-order chi connectivity index (χ1) is 14.9. The number of halogens is 3. The molecule has 2 aromatic carbocycles. The molecule has 174 valence electrons. The topological polar surface area (TPSA) is 58.6 Å². The summed E-state index contributed by atoms with van der Waals surface area (Å²) in [4.78, 5) is 27.8. The van der Waals surface area contributed by atoms with Gasteiger partial charge in [0, 0.05) is 32.7 Å². The van der Waals surface area contributed by atoms with Gasteiger partial charge in [0.05, 0.1) is 0 Å². The van der Waals surface area contributed by atoms with Crippen molar-refractivity contribution in [3.8, 4) is 5.75 Å². The first kappa shape index (κ1) is 26.3. The maximum atomic E-state index is 13.3. The van der Waals surface area contributed by atoms with Crippen LogP contribution in [0.1, 0.15) is 45.2 Å². The van der Waals surface area contributed by atoms with Crippen LogP contribution in [0.4, 0.5) is 0 Å². The van der Waals surface area contributed by atoms with Crippen LogP contribution in [0.15, 0.2) is 36.4 Å². The Labute approximate surface area is 205 Å².